The first-order valence-electron chi connectivity index (χ1n) is 6.22. The van der Waals surface area contributed by atoms with Crippen molar-refractivity contribution in [3.8, 4) is 0 Å². The molecule has 0 aromatic heterocycles. The normalized spacial score (nSPS) is 15.6. The number of anilines is 1. The molecule has 2 rings (SSSR count). The van der Waals surface area contributed by atoms with Crippen LogP contribution in [0.15, 0.2) is 22.7 Å². The molecule has 0 spiro atoms. The Morgan fingerprint density at radius 2 is 2.00 bits per heavy atom. The summed E-state index contributed by atoms with van der Waals surface area (Å²) < 4.78 is 39.0. The lowest BCUT2D eigenvalue weighted by atomic mass is 10.1. The van der Waals surface area contributed by atoms with Crippen LogP contribution in [0.4, 0.5) is 18.9 Å². The number of hydrogen-bond donors (Lipinski definition) is 1. The molecule has 1 aromatic carbocycles. The van der Waals surface area contributed by atoms with Crippen molar-refractivity contribution in [2.75, 3.05) is 18.0 Å². The Bertz CT molecular complexity index is 444. The number of nitrogens with two attached hydrogens (primary N) is 1. The Balaban J connectivity index is 2.30. The minimum Gasteiger partial charge on any atom is -0.359 e. The molecule has 2 nitrogen and oxygen atoms in total. The minimum atomic E-state index is -4.18. The fourth-order valence-corrected chi connectivity index (χ4v) is 2.59. The van der Waals surface area contributed by atoms with Gasteiger partial charge in [-0.3, -0.25) is 0 Å². The summed E-state index contributed by atoms with van der Waals surface area (Å²) in [6.07, 6.45) is -1.95. The van der Waals surface area contributed by atoms with E-state index in [1.165, 1.54) is 4.90 Å². The van der Waals surface area contributed by atoms with Gasteiger partial charge in [0.05, 0.1) is 0 Å². The summed E-state index contributed by atoms with van der Waals surface area (Å²) in [7, 11) is 0. The molecular formula is C13H16BrF3N2. The van der Waals surface area contributed by atoms with Gasteiger partial charge in [0.1, 0.15) is 6.54 Å². The summed E-state index contributed by atoms with van der Waals surface area (Å²) in [5.74, 6) is 0. The van der Waals surface area contributed by atoms with Crippen LogP contribution in [-0.4, -0.2) is 25.3 Å². The quantitative estimate of drug-likeness (QED) is 0.891. The number of hydrogen-bond acceptors (Lipinski definition) is 2. The van der Waals surface area contributed by atoms with Crippen LogP contribution >= 0.6 is 15.9 Å². The zero-order chi connectivity index (χ0) is 14.0. The molecule has 1 aliphatic carbocycles. The van der Waals surface area contributed by atoms with Crippen molar-refractivity contribution in [2.24, 2.45) is 5.73 Å². The van der Waals surface area contributed by atoms with Crippen LogP contribution in [0.3, 0.4) is 0 Å². The van der Waals surface area contributed by atoms with Gasteiger partial charge in [-0.15, -0.1) is 0 Å². The highest BCUT2D eigenvalue weighted by Crippen LogP contribution is 2.37. The number of rotatable bonds is 5. The van der Waals surface area contributed by atoms with E-state index < -0.39 is 12.7 Å². The maximum Gasteiger partial charge on any atom is 0.405 e. The van der Waals surface area contributed by atoms with E-state index >= 15 is 0 Å². The molecule has 0 radical (unpaired) electrons. The standard InChI is InChI=1S/C13H16BrF3N2/c14-10-1-4-12(9(7-10)5-6-18)19(11-2-3-11)8-13(15,16)17/h1,4,7,11H,2-3,5-6,8,18H2. The second-order valence-corrected chi connectivity index (χ2v) is 5.70. The Labute approximate surface area is 118 Å². The van der Waals surface area contributed by atoms with Gasteiger partial charge < -0.3 is 10.6 Å². The Morgan fingerprint density at radius 1 is 1.32 bits per heavy atom. The molecule has 0 bridgehead atoms. The largest absolute Gasteiger partial charge is 0.405 e. The van der Waals surface area contributed by atoms with E-state index in [2.05, 4.69) is 15.9 Å². The van der Waals surface area contributed by atoms with E-state index in [0.717, 1.165) is 22.9 Å². The fraction of sp³-hybridized carbons (Fsp3) is 0.538. The van der Waals surface area contributed by atoms with Crippen molar-refractivity contribution in [2.45, 2.75) is 31.5 Å². The van der Waals surface area contributed by atoms with Gasteiger partial charge >= 0.3 is 6.18 Å². The number of nitrogens with zero attached hydrogens (tertiary/aromatic N) is 1. The van der Waals surface area contributed by atoms with Crippen LogP contribution in [0.1, 0.15) is 18.4 Å². The highest BCUT2D eigenvalue weighted by atomic mass is 79.9. The van der Waals surface area contributed by atoms with E-state index in [9.17, 15) is 13.2 Å². The van der Waals surface area contributed by atoms with Gasteiger partial charge in [0, 0.05) is 16.2 Å². The zero-order valence-corrected chi connectivity index (χ0v) is 12.0. The molecule has 6 heteroatoms. The van der Waals surface area contributed by atoms with Crippen molar-refractivity contribution in [3.05, 3.63) is 28.2 Å². The summed E-state index contributed by atoms with van der Waals surface area (Å²) in [5, 5.41) is 0. The summed E-state index contributed by atoms with van der Waals surface area (Å²) in [6, 6.07) is 5.40. The molecule has 1 aromatic rings. The monoisotopic (exact) mass is 336 g/mol. The van der Waals surface area contributed by atoms with Crippen LogP contribution in [0.2, 0.25) is 0 Å². The number of benzene rings is 1. The van der Waals surface area contributed by atoms with Crippen LogP contribution in [-0.2, 0) is 6.42 Å². The van der Waals surface area contributed by atoms with Crippen molar-refractivity contribution in [1.29, 1.82) is 0 Å². The first-order chi connectivity index (χ1) is 8.90. The smallest absolute Gasteiger partial charge is 0.359 e. The van der Waals surface area contributed by atoms with Gasteiger partial charge in [0.25, 0.3) is 0 Å². The summed E-state index contributed by atoms with van der Waals surface area (Å²) in [6.45, 7) is -0.467. The molecule has 1 fully saturated rings. The van der Waals surface area contributed by atoms with Gasteiger partial charge in [-0.05, 0) is 49.6 Å². The first-order valence-corrected chi connectivity index (χ1v) is 7.02. The molecule has 19 heavy (non-hydrogen) atoms. The van der Waals surface area contributed by atoms with Crippen molar-refractivity contribution in [1.82, 2.24) is 0 Å². The highest BCUT2D eigenvalue weighted by Gasteiger charge is 2.38. The molecule has 0 amide bonds. The van der Waals surface area contributed by atoms with Gasteiger partial charge in [-0.2, -0.15) is 13.2 Å². The van der Waals surface area contributed by atoms with Crippen molar-refractivity contribution < 1.29 is 13.2 Å². The summed E-state index contributed by atoms with van der Waals surface area (Å²) in [4.78, 5) is 1.47. The van der Waals surface area contributed by atoms with Gasteiger partial charge in [0.2, 0.25) is 0 Å². The molecule has 0 heterocycles. The average molecular weight is 337 g/mol. The highest BCUT2D eigenvalue weighted by molar-refractivity contribution is 9.10. The van der Waals surface area contributed by atoms with Crippen molar-refractivity contribution in [3.63, 3.8) is 0 Å². The van der Waals surface area contributed by atoms with E-state index in [0.29, 0.717) is 18.7 Å². The van der Waals surface area contributed by atoms with Crippen LogP contribution in [0.25, 0.3) is 0 Å². The lowest BCUT2D eigenvalue weighted by Crippen LogP contribution is -2.36. The predicted molar refractivity (Wildman–Crippen MR) is 73.3 cm³/mol. The van der Waals surface area contributed by atoms with Crippen LogP contribution in [0.5, 0.6) is 0 Å². The van der Waals surface area contributed by atoms with Crippen LogP contribution in [0, 0.1) is 0 Å². The minimum absolute atomic E-state index is 0.0133. The van der Waals surface area contributed by atoms with Gasteiger partial charge in [0.15, 0.2) is 0 Å². The summed E-state index contributed by atoms with van der Waals surface area (Å²) >= 11 is 3.35. The topological polar surface area (TPSA) is 29.3 Å². The average Bonchev–Trinajstić information content (AvgIpc) is 3.09. The molecule has 0 saturated heterocycles. The first kappa shape index (κ1) is 14.7. The number of alkyl halides is 3. The molecule has 1 aliphatic rings. The third kappa shape index (κ3) is 4.11. The lowest BCUT2D eigenvalue weighted by molar-refractivity contribution is -0.120. The van der Waals surface area contributed by atoms with Crippen molar-refractivity contribution >= 4 is 21.6 Å². The van der Waals surface area contributed by atoms with Gasteiger partial charge in [-0.25, -0.2) is 0 Å². The Hall–Kier alpha value is -0.750. The molecule has 2 N–H and O–H groups in total. The lowest BCUT2D eigenvalue weighted by Gasteiger charge is -2.28. The maximum atomic E-state index is 12.7. The zero-order valence-electron chi connectivity index (χ0n) is 10.4. The van der Waals surface area contributed by atoms with E-state index in [4.69, 9.17) is 5.73 Å². The molecule has 106 valence electrons. The molecule has 0 unspecified atom stereocenters. The van der Waals surface area contributed by atoms with Crippen LogP contribution < -0.4 is 10.6 Å². The Morgan fingerprint density at radius 3 is 2.53 bits per heavy atom. The maximum absolute atomic E-state index is 12.7. The second kappa shape index (κ2) is 5.71. The Kier molecular flexibility index (Phi) is 4.40. The molecular weight excluding hydrogens is 321 g/mol. The molecule has 0 aliphatic heterocycles. The molecule has 0 atom stereocenters. The third-order valence-corrected chi connectivity index (χ3v) is 3.60. The number of halogens is 4. The SMILES string of the molecule is NCCc1cc(Br)ccc1N(CC(F)(F)F)C1CC1. The third-order valence-electron chi connectivity index (χ3n) is 3.10. The van der Waals surface area contributed by atoms with E-state index in [-0.39, 0.29) is 6.04 Å². The molecule has 1 saturated carbocycles. The fourth-order valence-electron chi connectivity index (χ4n) is 2.18. The predicted octanol–water partition coefficient (Wildman–Crippen LogP) is 3.48. The van der Waals surface area contributed by atoms with E-state index in [1.807, 2.05) is 6.07 Å². The van der Waals surface area contributed by atoms with E-state index in [1.54, 1.807) is 12.1 Å². The van der Waals surface area contributed by atoms with Gasteiger partial charge in [-0.1, -0.05) is 15.9 Å². The summed E-state index contributed by atoms with van der Waals surface area (Å²) in [5.41, 5.74) is 7.07. The second-order valence-electron chi connectivity index (χ2n) is 4.79.